The van der Waals surface area contributed by atoms with Crippen molar-refractivity contribution in [3.63, 3.8) is 0 Å². The first-order chi connectivity index (χ1) is 12.4. The Labute approximate surface area is 170 Å². The van der Waals surface area contributed by atoms with Crippen molar-refractivity contribution in [3.05, 3.63) is 47.8 Å². The van der Waals surface area contributed by atoms with Crippen LogP contribution in [0.2, 0.25) is 0 Å². The van der Waals surface area contributed by atoms with Crippen molar-refractivity contribution in [3.8, 4) is 11.3 Å². The third-order valence-corrected chi connectivity index (χ3v) is 6.89. The number of rotatable bonds is 2. The fourth-order valence-corrected chi connectivity index (χ4v) is 5.75. The molecule has 4 heteroatoms. The summed E-state index contributed by atoms with van der Waals surface area (Å²) in [6.07, 6.45) is 8.27. The highest BCUT2D eigenvalue weighted by molar-refractivity contribution is 7.13. The molecule has 0 N–H and O–H groups in total. The Balaban J connectivity index is 0.00000168. The quantitative estimate of drug-likeness (QED) is 0.568. The normalized spacial score (nSPS) is 17.8. The van der Waals surface area contributed by atoms with E-state index in [1.54, 1.807) is 0 Å². The molecule has 0 bridgehead atoms. The predicted molar refractivity (Wildman–Crippen MR) is 106 cm³/mol. The van der Waals surface area contributed by atoms with Crippen molar-refractivity contribution >= 4 is 27.2 Å². The fraction of sp³-hybridized carbons (Fsp3) is 0.409. The number of nitrogens with zero attached hydrogens (tertiary/aromatic N) is 2. The minimum Gasteiger partial charge on any atom is -1.00 e. The van der Waals surface area contributed by atoms with Gasteiger partial charge in [0.05, 0.1) is 19.1 Å². The first-order valence-electron chi connectivity index (χ1n) is 9.67. The highest BCUT2D eigenvalue weighted by Crippen LogP contribution is 2.34. The summed E-state index contributed by atoms with van der Waals surface area (Å²) in [6, 6.07) is 16.3. The van der Waals surface area contributed by atoms with E-state index in [0.29, 0.717) is 0 Å². The van der Waals surface area contributed by atoms with Gasteiger partial charge in [0.25, 0.3) is 0 Å². The maximum atomic E-state index is 2.72. The van der Waals surface area contributed by atoms with Crippen LogP contribution < -0.4 is 26.4 Å². The number of halogens is 1. The van der Waals surface area contributed by atoms with Gasteiger partial charge in [-0.2, -0.15) is 0 Å². The van der Waals surface area contributed by atoms with E-state index in [1.807, 2.05) is 11.3 Å². The molecule has 0 amide bonds. The van der Waals surface area contributed by atoms with Crippen molar-refractivity contribution in [2.75, 3.05) is 11.4 Å². The molecule has 2 aliphatic rings. The molecule has 0 unspecified atom stereocenters. The maximum absolute atomic E-state index is 2.72. The molecule has 0 spiro atoms. The van der Waals surface area contributed by atoms with Gasteiger partial charge >= 0.3 is 5.13 Å². The lowest BCUT2D eigenvalue weighted by atomic mass is 9.94. The lowest BCUT2D eigenvalue weighted by Crippen LogP contribution is -3.00. The molecule has 5 rings (SSSR count). The van der Waals surface area contributed by atoms with Gasteiger partial charge in [-0.15, -0.1) is 0 Å². The average Bonchev–Trinajstić information content (AvgIpc) is 3.12. The monoisotopic (exact) mass is 428 g/mol. The first-order valence-corrected chi connectivity index (χ1v) is 10.6. The summed E-state index contributed by atoms with van der Waals surface area (Å²) in [5.74, 6) is 0. The molecule has 1 aliphatic carbocycles. The minimum absolute atomic E-state index is 0. The highest BCUT2D eigenvalue weighted by Gasteiger charge is 2.35. The van der Waals surface area contributed by atoms with Gasteiger partial charge < -0.3 is 17.0 Å². The van der Waals surface area contributed by atoms with E-state index in [9.17, 15) is 0 Å². The Morgan fingerprint density at radius 3 is 2.58 bits per heavy atom. The summed E-state index contributed by atoms with van der Waals surface area (Å²) in [7, 11) is 0. The van der Waals surface area contributed by atoms with Gasteiger partial charge in [0.2, 0.25) is 0 Å². The second-order valence-corrected chi connectivity index (χ2v) is 8.29. The van der Waals surface area contributed by atoms with Gasteiger partial charge in [0.15, 0.2) is 0 Å². The average molecular weight is 429 g/mol. The summed E-state index contributed by atoms with van der Waals surface area (Å²) in [4.78, 5) is 2.72. The van der Waals surface area contributed by atoms with Crippen LogP contribution >= 0.6 is 11.3 Å². The summed E-state index contributed by atoms with van der Waals surface area (Å²) >= 11 is 1.94. The number of fused-ring (bicyclic) bond motifs is 2. The smallest absolute Gasteiger partial charge is 0.336 e. The molecule has 136 valence electrons. The highest BCUT2D eigenvalue weighted by atomic mass is 79.9. The third kappa shape index (κ3) is 3.18. The Kier molecular flexibility index (Phi) is 5.32. The Morgan fingerprint density at radius 1 is 0.923 bits per heavy atom. The molecular weight excluding hydrogens is 404 g/mol. The molecule has 26 heavy (non-hydrogen) atoms. The van der Waals surface area contributed by atoms with Crippen LogP contribution in [0.4, 0.5) is 5.13 Å². The number of thiazole rings is 1. The molecule has 1 fully saturated rings. The second-order valence-electron chi connectivity index (χ2n) is 7.46. The lowest BCUT2D eigenvalue weighted by Gasteiger charge is -2.31. The molecular formula is C22H25BrN2S. The van der Waals surface area contributed by atoms with E-state index in [0.717, 1.165) is 12.6 Å². The summed E-state index contributed by atoms with van der Waals surface area (Å²) in [6.45, 7) is 2.40. The van der Waals surface area contributed by atoms with Crippen LogP contribution in [-0.2, 0) is 6.54 Å². The Hall–Kier alpha value is -1.39. The Bertz CT molecular complexity index is 898. The Morgan fingerprint density at radius 2 is 1.73 bits per heavy atom. The molecule has 1 aromatic heterocycles. The van der Waals surface area contributed by atoms with Crippen molar-refractivity contribution in [1.29, 1.82) is 0 Å². The van der Waals surface area contributed by atoms with E-state index in [1.165, 1.54) is 72.2 Å². The van der Waals surface area contributed by atoms with Gasteiger partial charge in [-0.1, -0.05) is 54.2 Å². The zero-order chi connectivity index (χ0) is 16.6. The van der Waals surface area contributed by atoms with Gasteiger partial charge in [-0.25, -0.2) is 9.47 Å². The maximum Gasteiger partial charge on any atom is 0.336 e. The molecule has 1 saturated carbocycles. The summed E-state index contributed by atoms with van der Waals surface area (Å²) < 4.78 is 2.58. The molecule has 0 saturated heterocycles. The molecule has 3 aromatic rings. The summed E-state index contributed by atoms with van der Waals surface area (Å²) in [5, 5.41) is 6.52. The van der Waals surface area contributed by atoms with Gasteiger partial charge in [0, 0.05) is 17.4 Å². The van der Waals surface area contributed by atoms with Crippen molar-refractivity contribution in [2.45, 2.75) is 51.1 Å². The molecule has 1 aliphatic heterocycles. The van der Waals surface area contributed by atoms with Crippen LogP contribution in [0.25, 0.3) is 22.0 Å². The van der Waals surface area contributed by atoms with Crippen molar-refractivity contribution in [2.24, 2.45) is 0 Å². The van der Waals surface area contributed by atoms with E-state index < -0.39 is 0 Å². The molecule has 2 heterocycles. The van der Waals surface area contributed by atoms with Crippen LogP contribution in [0, 0.1) is 0 Å². The van der Waals surface area contributed by atoms with Crippen LogP contribution in [0.3, 0.4) is 0 Å². The number of benzene rings is 2. The summed E-state index contributed by atoms with van der Waals surface area (Å²) in [5.41, 5.74) is 2.75. The second kappa shape index (κ2) is 7.69. The third-order valence-electron chi connectivity index (χ3n) is 5.88. The molecule has 0 radical (unpaired) electrons. The standard InChI is InChI=1S/C22H25N2S.BrH/c1-2-9-20(10-3-1)23-13-6-14-24-21(16-25-22(23)24)19-12-11-17-7-4-5-8-18(17)15-19;/h4-5,7-8,11-12,15-16,20H,1-3,6,9-10,13-14H2;1H/q+1;/p-1. The van der Waals surface area contributed by atoms with Crippen LogP contribution in [0.1, 0.15) is 38.5 Å². The van der Waals surface area contributed by atoms with E-state index >= 15 is 0 Å². The van der Waals surface area contributed by atoms with Crippen LogP contribution in [0.15, 0.2) is 47.8 Å². The van der Waals surface area contributed by atoms with Crippen LogP contribution in [-0.4, -0.2) is 12.6 Å². The minimum atomic E-state index is 0. The fourth-order valence-electron chi connectivity index (χ4n) is 4.58. The van der Waals surface area contributed by atoms with Crippen molar-refractivity contribution in [1.82, 2.24) is 0 Å². The SMILES string of the molecule is [Br-].c1ccc2cc(-c3csc4[n+]3CCCN4C3CCCCC3)ccc2c1. The van der Waals surface area contributed by atoms with Crippen molar-refractivity contribution < 1.29 is 21.5 Å². The molecule has 2 aromatic carbocycles. The topological polar surface area (TPSA) is 7.12 Å². The number of aromatic nitrogens is 1. The van der Waals surface area contributed by atoms with E-state index in [2.05, 4.69) is 57.3 Å². The zero-order valence-corrected chi connectivity index (χ0v) is 17.4. The lowest BCUT2D eigenvalue weighted by molar-refractivity contribution is -0.674. The predicted octanol–water partition coefficient (Wildman–Crippen LogP) is 2.40. The number of hydrogen-bond acceptors (Lipinski definition) is 2. The number of anilines is 1. The number of hydrogen-bond donors (Lipinski definition) is 0. The largest absolute Gasteiger partial charge is 1.00 e. The zero-order valence-electron chi connectivity index (χ0n) is 15.0. The molecule has 0 atom stereocenters. The van der Waals surface area contributed by atoms with Crippen LogP contribution in [0.5, 0.6) is 0 Å². The molecule has 2 nitrogen and oxygen atoms in total. The van der Waals surface area contributed by atoms with Gasteiger partial charge in [-0.05, 0) is 42.5 Å². The van der Waals surface area contributed by atoms with Gasteiger partial charge in [0.1, 0.15) is 5.69 Å². The van der Waals surface area contributed by atoms with E-state index in [-0.39, 0.29) is 17.0 Å². The van der Waals surface area contributed by atoms with E-state index in [4.69, 9.17) is 0 Å². The first kappa shape index (κ1) is 18.0. The van der Waals surface area contributed by atoms with Gasteiger partial charge in [-0.3, -0.25) is 0 Å².